The monoisotopic (exact) mass is 691 g/mol. The third kappa shape index (κ3) is 7.96. The molecule has 5 rings (SSSR count). The van der Waals surface area contributed by atoms with Gasteiger partial charge in [-0.3, -0.25) is 4.79 Å². The number of nitrogens with zero attached hydrogens (tertiary/aromatic N) is 1. The number of carbonyl (C=O) groups excluding carboxylic acids is 1. The zero-order valence-electron chi connectivity index (χ0n) is 26.1. The summed E-state index contributed by atoms with van der Waals surface area (Å²) in [5, 5.41) is 78.4. The number of anilines is 1. The van der Waals surface area contributed by atoms with Crippen LogP contribution in [0.3, 0.4) is 0 Å². The average Bonchev–Trinajstić information content (AvgIpc) is 3.56. The number of amides is 1. The smallest absolute Gasteiger partial charge is 0.255 e. The van der Waals surface area contributed by atoms with E-state index < -0.39 is 74.6 Å². The van der Waals surface area contributed by atoms with Crippen LogP contribution in [0.5, 0.6) is 5.75 Å². The predicted octanol–water partition coefficient (Wildman–Crippen LogP) is -2.46. The number of halogens is 1. The first-order valence-electron chi connectivity index (χ1n) is 15.9. The Hall–Kier alpha value is -1.90. The van der Waals surface area contributed by atoms with Gasteiger partial charge in [0.05, 0.1) is 36.1 Å². The molecule has 3 saturated heterocycles. The lowest BCUT2D eigenvalue weighted by molar-refractivity contribution is -0.340. The first kappa shape index (κ1) is 36.4. The summed E-state index contributed by atoms with van der Waals surface area (Å²) in [6.07, 6.45) is -12.5. The van der Waals surface area contributed by atoms with Crippen LogP contribution in [-0.2, 0) is 25.4 Å². The third-order valence-electron chi connectivity index (χ3n) is 9.21. The van der Waals surface area contributed by atoms with Crippen molar-refractivity contribution in [3.63, 3.8) is 0 Å². The van der Waals surface area contributed by atoms with E-state index in [0.29, 0.717) is 30.0 Å². The van der Waals surface area contributed by atoms with Gasteiger partial charge in [0.1, 0.15) is 54.6 Å². The van der Waals surface area contributed by atoms with Crippen LogP contribution in [-0.4, -0.2) is 167 Å². The lowest BCUT2D eigenvalue weighted by Crippen LogP contribution is -2.65. The molecule has 47 heavy (non-hydrogen) atoms. The Balaban J connectivity index is 1.25. The van der Waals surface area contributed by atoms with Crippen molar-refractivity contribution in [3.05, 3.63) is 22.2 Å². The predicted molar refractivity (Wildman–Crippen MR) is 164 cm³/mol. The number of likely N-dealkylation sites (tertiary alicyclic amines) is 1. The van der Waals surface area contributed by atoms with E-state index in [0.717, 1.165) is 38.9 Å². The minimum atomic E-state index is -1.77. The number of rotatable bonds is 12. The number of ether oxygens (including phenoxy) is 5. The Morgan fingerprint density at radius 1 is 1.00 bits per heavy atom. The van der Waals surface area contributed by atoms with Gasteiger partial charge < -0.3 is 75.0 Å². The maximum absolute atomic E-state index is 13.4. The van der Waals surface area contributed by atoms with E-state index in [4.69, 9.17) is 35.3 Å². The summed E-state index contributed by atoms with van der Waals surface area (Å²) in [6.45, 7) is 2.29. The molecule has 0 spiro atoms. The van der Waals surface area contributed by atoms with Crippen molar-refractivity contribution >= 4 is 23.2 Å². The second-order valence-electron chi connectivity index (χ2n) is 12.3. The van der Waals surface area contributed by atoms with Crippen LogP contribution in [0.4, 0.5) is 5.69 Å². The number of piperidine rings is 1. The number of methoxy groups -OCH3 is 1. The number of aliphatic hydroxyl groups is 7. The van der Waals surface area contributed by atoms with Gasteiger partial charge in [0, 0.05) is 51.4 Å². The Labute approximate surface area is 277 Å². The van der Waals surface area contributed by atoms with E-state index in [-0.39, 0.29) is 29.1 Å². The molecule has 0 radical (unpaired) electrons. The fourth-order valence-electron chi connectivity index (χ4n) is 6.52. The molecular weight excluding hydrogens is 646 g/mol. The number of hydrogen-bond acceptors (Lipinski definition) is 15. The Kier molecular flexibility index (Phi) is 12.5. The van der Waals surface area contributed by atoms with Gasteiger partial charge in [-0.15, -0.1) is 0 Å². The number of fused-ring (bicyclic) bond motifs is 1. The number of aliphatic hydroxyl groups excluding tert-OH is 7. The Morgan fingerprint density at radius 2 is 1.72 bits per heavy atom. The largest absolute Gasteiger partial charge is 0.492 e. The molecule has 0 bridgehead atoms. The number of hydrogen-bond donors (Lipinski definition) is 9. The summed E-state index contributed by atoms with van der Waals surface area (Å²) < 4.78 is 27.8. The van der Waals surface area contributed by atoms with Gasteiger partial charge in [-0.2, -0.15) is 0 Å². The molecule has 0 saturated carbocycles. The standard InChI is InChI=1S/C30H46ClN3O13/c1-43-9-2-6-34-7-3-14(4-8-34)32-28(42)16-11-17(31)20(15-5-10-44-26(15)16)33-29-24(40)23(39)27(19(13-36)45-29)47-30-25(41)22(38)21(37)18(12-35)46-30/h11,14,18-19,21-25,27,29-30,33,35-41H,2-10,12-13H2,1H3,(H,32,42). The summed E-state index contributed by atoms with van der Waals surface area (Å²) in [4.78, 5) is 15.7. The molecular formula is C30H46ClN3O13. The maximum Gasteiger partial charge on any atom is 0.255 e. The molecule has 17 heteroatoms. The fourth-order valence-corrected chi connectivity index (χ4v) is 6.79. The van der Waals surface area contributed by atoms with Crippen molar-refractivity contribution in [2.75, 3.05) is 58.5 Å². The van der Waals surface area contributed by atoms with E-state index in [9.17, 15) is 40.5 Å². The molecule has 4 heterocycles. The van der Waals surface area contributed by atoms with Gasteiger partial charge in [-0.1, -0.05) is 11.6 Å². The van der Waals surface area contributed by atoms with Gasteiger partial charge in [-0.05, 0) is 25.3 Å². The van der Waals surface area contributed by atoms with E-state index in [2.05, 4.69) is 15.5 Å². The highest BCUT2D eigenvalue weighted by Crippen LogP contribution is 2.42. The van der Waals surface area contributed by atoms with Crippen molar-refractivity contribution in [3.8, 4) is 5.75 Å². The summed E-state index contributed by atoms with van der Waals surface area (Å²) in [7, 11) is 1.69. The Morgan fingerprint density at radius 3 is 2.40 bits per heavy atom. The summed E-state index contributed by atoms with van der Waals surface area (Å²) in [5.41, 5.74) is 1.18. The van der Waals surface area contributed by atoms with Gasteiger partial charge in [0.15, 0.2) is 12.5 Å². The van der Waals surface area contributed by atoms with E-state index in [1.807, 2.05) is 0 Å². The average molecular weight is 692 g/mol. The molecule has 0 aliphatic carbocycles. The van der Waals surface area contributed by atoms with Crippen molar-refractivity contribution in [2.24, 2.45) is 0 Å². The van der Waals surface area contributed by atoms with E-state index in [1.165, 1.54) is 6.07 Å². The molecule has 9 N–H and O–H groups in total. The van der Waals surface area contributed by atoms with Gasteiger partial charge in [0.2, 0.25) is 0 Å². The minimum Gasteiger partial charge on any atom is -0.492 e. The highest BCUT2D eigenvalue weighted by molar-refractivity contribution is 6.34. The van der Waals surface area contributed by atoms with Crippen molar-refractivity contribution in [1.29, 1.82) is 0 Å². The fraction of sp³-hybridized carbons (Fsp3) is 0.767. The first-order valence-corrected chi connectivity index (χ1v) is 16.3. The second kappa shape index (κ2) is 16.2. The minimum absolute atomic E-state index is 0.00404. The second-order valence-corrected chi connectivity index (χ2v) is 12.7. The molecule has 16 nitrogen and oxygen atoms in total. The van der Waals surface area contributed by atoms with E-state index >= 15 is 0 Å². The normalized spacial score (nSPS) is 34.9. The molecule has 10 unspecified atom stereocenters. The molecule has 1 amide bonds. The number of benzene rings is 1. The highest BCUT2D eigenvalue weighted by Gasteiger charge is 2.50. The summed E-state index contributed by atoms with van der Waals surface area (Å²) >= 11 is 6.68. The van der Waals surface area contributed by atoms with Crippen LogP contribution >= 0.6 is 11.6 Å². The van der Waals surface area contributed by atoms with Crippen LogP contribution < -0.4 is 15.4 Å². The number of carbonyl (C=O) groups is 1. The number of nitrogens with one attached hydrogen (secondary N) is 2. The van der Waals surface area contributed by atoms with Gasteiger partial charge in [-0.25, -0.2) is 0 Å². The van der Waals surface area contributed by atoms with Crippen LogP contribution in [0, 0.1) is 0 Å². The molecule has 4 aliphatic rings. The third-order valence-corrected chi connectivity index (χ3v) is 9.51. The molecule has 0 aromatic heterocycles. The lowest BCUT2D eigenvalue weighted by Gasteiger charge is -2.46. The highest BCUT2D eigenvalue weighted by atomic mass is 35.5. The lowest BCUT2D eigenvalue weighted by atomic mass is 9.96. The molecule has 1 aromatic rings. The van der Waals surface area contributed by atoms with Crippen LogP contribution in [0.2, 0.25) is 5.02 Å². The topological polar surface area (TPSA) is 232 Å². The quantitative estimate of drug-likeness (QED) is 0.104. The van der Waals surface area contributed by atoms with Crippen LogP contribution in [0.1, 0.15) is 35.2 Å². The molecule has 1 aromatic carbocycles. The molecule has 10 atom stereocenters. The van der Waals surface area contributed by atoms with Gasteiger partial charge >= 0.3 is 0 Å². The SMILES string of the molecule is COCCCN1CCC(NC(=O)c2cc(Cl)c(NC3OC(CO)C(OC4OC(CO)C(O)C(O)C4O)C(O)C3O)c3c2OCC3)CC1. The van der Waals surface area contributed by atoms with E-state index in [1.54, 1.807) is 7.11 Å². The van der Waals surface area contributed by atoms with Crippen molar-refractivity contribution in [1.82, 2.24) is 10.2 Å². The van der Waals surface area contributed by atoms with Crippen molar-refractivity contribution in [2.45, 2.75) is 93.1 Å². The zero-order valence-corrected chi connectivity index (χ0v) is 26.9. The Bertz CT molecular complexity index is 1200. The van der Waals surface area contributed by atoms with Crippen LogP contribution in [0.15, 0.2) is 6.07 Å². The summed E-state index contributed by atoms with van der Waals surface area (Å²) in [6, 6.07) is 1.47. The van der Waals surface area contributed by atoms with Gasteiger partial charge in [0.25, 0.3) is 5.91 Å². The maximum atomic E-state index is 13.4. The molecule has 4 aliphatic heterocycles. The van der Waals surface area contributed by atoms with Crippen molar-refractivity contribution < 1.29 is 64.2 Å². The molecule has 3 fully saturated rings. The molecule has 266 valence electrons. The van der Waals surface area contributed by atoms with Crippen LogP contribution in [0.25, 0.3) is 0 Å². The first-order chi connectivity index (χ1) is 22.6. The zero-order chi connectivity index (χ0) is 33.8. The summed E-state index contributed by atoms with van der Waals surface area (Å²) in [5.74, 6) is 0.0344.